The van der Waals surface area contributed by atoms with Gasteiger partial charge in [0.15, 0.2) is 0 Å². The third-order valence-corrected chi connectivity index (χ3v) is 2.64. The van der Waals surface area contributed by atoms with E-state index in [2.05, 4.69) is 0 Å². The summed E-state index contributed by atoms with van der Waals surface area (Å²) < 4.78 is 9.74. The molecule has 0 atom stereocenters. The number of amides is 1. The first-order valence-electron chi connectivity index (χ1n) is 6.14. The highest BCUT2D eigenvalue weighted by Gasteiger charge is 2.21. The van der Waals surface area contributed by atoms with Gasteiger partial charge in [-0.2, -0.15) is 0 Å². The molecule has 0 spiro atoms. The van der Waals surface area contributed by atoms with Gasteiger partial charge in [0.05, 0.1) is 30.3 Å². The number of benzene rings is 1. The van der Waals surface area contributed by atoms with Gasteiger partial charge in [-0.05, 0) is 13.0 Å². The molecule has 1 aromatic carbocycles. The molecule has 0 aromatic heterocycles. The fourth-order valence-corrected chi connectivity index (χ4v) is 1.65. The van der Waals surface area contributed by atoms with E-state index in [1.807, 2.05) is 0 Å². The van der Waals surface area contributed by atoms with Crippen molar-refractivity contribution in [1.82, 2.24) is 4.90 Å². The van der Waals surface area contributed by atoms with E-state index in [9.17, 15) is 19.7 Å². The van der Waals surface area contributed by atoms with Crippen LogP contribution in [0.2, 0.25) is 0 Å². The molecule has 0 unspecified atom stereocenters. The molecule has 1 amide bonds. The van der Waals surface area contributed by atoms with Gasteiger partial charge in [0, 0.05) is 13.1 Å². The van der Waals surface area contributed by atoms with Crippen molar-refractivity contribution in [3.8, 4) is 5.75 Å². The first-order chi connectivity index (χ1) is 9.90. The van der Waals surface area contributed by atoms with Crippen molar-refractivity contribution in [2.24, 2.45) is 0 Å². The van der Waals surface area contributed by atoms with Gasteiger partial charge in [0.1, 0.15) is 12.3 Å². The third kappa shape index (κ3) is 4.16. The monoisotopic (exact) mass is 296 g/mol. The van der Waals surface area contributed by atoms with Crippen LogP contribution in [0.4, 0.5) is 5.69 Å². The number of likely N-dealkylation sites (N-methyl/N-ethyl adjacent to an activating group) is 1. The van der Waals surface area contributed by atoms with Crippen LogP contribution in [0.1, 0.15) is 17.3 Å². The predicted molar refractivity (Wildman–Crippen MR) is 73.2 cm³/mol. The van der Waals surface area contributed by atoms with Crippen LogP contribution in [-0.4, -0.2) is 49.0 Å². The van der Waals surface area contributed by atoms with E-state index in [4.69, 9.17) is 9.47 Å². The molecule has 0 N–H and O–H groups in total. The number of nitrogens with zero attached hydrogens (tertiary/aromatic N) is 2. The summed E-state index contributed by atoms with van der Waals surface area (Å²) in [5, 5.41) is 10.7. The summed E-state index contributed by atoms with van der Waals surface area (Å²) in [5.74, 6) is -0.950. The van der Waals surface area contributed by atoms with Crippen LogP contribution in [0, 0.1) is 10.1 Å². The highest BCUT2D eigenvalue weighted by atomic mass is 16.6. The van der Waals surface area contributed by atoms with Crippen LogP contribution in [-0.2, 0) is 9.53 Å². The molecule has 21 heavy (non-hydrogen) atoms. The number of carbonyl (C=O) groups excluding carboxylic acids is 2. The summed E-state index contributed by atoms with van der Waals surface area (Å²) in [6.45, 7) is 1.67. The number of hydrogen-bond acceptors (Lipinski definition) is 6. The Morgan fingerprint density at radius 3 is 2.57 bits per heavy atom. The van der Waals surface area contributed by atoms with Gasteiger partial charge in [0.25, 0.3) is 11.6 Å². The molecule has 114 valence electrons. The number of rotatable bonds is 6. The van der Waals surface area contributed by atoms with E-state index < -0.39 is 16.8 Å². The lowest BCUT2D eigenvalue weighted by Gasteiger charge is -2.17. The van der Waals surface area contributed by atoms with Gasteiger partial charge in [0.2, 0.25) is 0 Å². The fourth-order valence-electron chi connectivity index (χ4n) is 1.65. The van der Waals surface area contributed by atoms with Crippen molar-refractivity contribution < 1.29 is 24.0 Å². The van der Waals surface area contributed by atoms with Crippen molar-refractivity contribution in [2.75, 3.05) is 27.3 Å². The molecule has 0 fully saturated rings. The number of esters is 1. The molecular formula is C13H16N2O6. The summed E-state index contributed by atoms with van der Waals surface area (Å²) in [6.07, 6.45) is 0. The quantitative estimate of drug-likeness (QED) is 0.445. The molecule has 0 bridgehead atoms. The number of hydrogen-bond donors (Lipinski definition) is 0. The Balaban J connectivity index is 2.96. The number of nitro benzene ring substituents is 1. The SMILES string of the molecule is CCOC(=O)CN(C)C(=O)c1ccc([N+](=O)[O-])cc1OC. The Bertz CT molecular complexity index is 558. The van der Waals surface area contributed by atoms with Gasteiger partial charge in [-0.15, -0.1) is 0 Å². The summed E-state index contributed by atoms with van der Waals surface area (Å²) >= 11 is 0. The van der Waals surface area contributed by atoms with E-state index in [1.165, 1.54) is 26.3 Å². The minimum absolute atomic E-state index is 0.0740. The van der Waals surface area contributed by atoms with E-state index >= 15 is 0 Å². The average molecular weight is 296 g/mol. The number of methoxy groups -OCH3 is 1. The summed E-state index contributed by atoms with van der Waals surface area (Å²) in [7, 11) is 2.74. The van der Waals surface area contributed by atoms with Crippen molar-refractivity contribution in [1.29, 1.82) is 0 Å². The topological polar surface area (TPSA) is 99.0 Å². The number of carbonyl (C=O) groups is 2. The van der Waals surface area contributed by atoms with Crippen molar-refractivity contribution in [3.63, 3.8) is 0 Å². The first kappa shape index (κ1) is 16.4. The molecule has 0 aliphatic heterocycles. The molecule has 0 aliphatic carbocycles. The maximum absolute atomic E-state index is 12.2. The molecule has 0 saturated heterocycles. The molecule has 0 radical (unpaired) electrons. The zero-order valence-corrected chi connectivity index (χ0v) is 12.0. The Hall–Kier alpha value is -2.64. The zero-order valence-electron chi connectivity index (χ0n) is 12.0. The summed E-state index contributed by atoms with van der Waals surface area (Å²) in [5.41, 5.74) is -0.0497. The highest BCUT2D eigenvalue weighted by Crippen LogP contribution is 2.25. The molecule has 1 rings (SSSR count). The standard InChI is InChI=1S/C13H16N2O6/c1-4-21-12(16)8-14(2)13(17)10-6-5-9(15(18)19)7-11(10)20-3/h5-7H,4,8H2,1-3H3. The molecule has 0 saturated carbocycles. The van der Waals surface area contributed by atoms with Gasteiger partial charge in [-0.25, -0.2) is 0 Å². The zero-order chi connectivity index (χ0) is 16.0. The smallest absolute Gasteiger partial charge is 0.325 e. The van der Waals surface area contributed by atoms with Gasteiger partial charge >= 0.3 is 5.97 Å². The molecular weight excluding hydrogens is 280 g/mol. The largest absolute Gasteiger partial charge is 0.496 e. The van der Waals surface area contributed by atoms with Crippen molar-refractivity contribution in [3.05, 3.63) is 33.9 Å². The van der Waals surface area contributed by atoms with E-state index in [1.54, 1.807) is 6.92 Å². The second-order valence-corrected chi connectivity index (χ2v) is 4.11. The Kier molecular flexibility index (Phi) is 5.65. The van der Waals surface area contributed by atoms with Crippen LogP contribution in [0.3, 0.4) is 0 Å². The lowest BCUT2D eigenvalue weighted by atomic mass is 10.1. The van der Waals surface area contributed by atoms with Crippen molar-refractivity contribution in [2.45, 2.75) is 6.92 Å². The molecule has 8 nitrogen and oxygen atoms in total. The van der Waals surface area contributed by atoms with Crippen LogP contribution in [0.15, 0.2) is 18.2 Å². The maximum atomic E-state index is 12.2. The second kappa shape index (κ2) is 7.22. The van der Waals surface area contributed by atoms with Crippen LogP contribution >= 0.6 is 0 Å². The van der Waals surface area contributed by atoms with Crippen LogP contribution in [0.5, 0.6) is 5.75 Å². The van der Waals surface area contributed by atoms with E-state index in [-0.39, 0.29) is 30.2 Å². The maximum Gasteiger partial charge on any atom is 0.325 e. The minimum atomic E-state index is -0.584. The first-order valence-corrected chi connectivity index (χ1v) is 6.14. The predicted octanol–water partition coefficient (Wildman–Crippen LogP) is 1.24. The molecule has 0 heterocycles. The Morgan fingerprint density at radius 2 is 2.05 bits per heavy atom. The third-order valence-electron chi connectivity index (χ3n) is 2.64. The molecule has 0 aliphatic rings. The number of ether oxygens (including phenoxy) is 2. The van der Waals surface area contributed by atoms with Gasteiger partial charge in [-0.1, -0.05) is 0 Å². The van der Waals surface area contributed by atoms with Crippen molar-refractivity contribution >= 4 is 17.6 Å². The minimum Gasteiger partial charge on any atom is -0.496 e. The number of non-ortho nitro benzene ring substituents is 1. The lowest BCUT2D eigenvalue weighted by molar-refractivity contribution is -0.384. The van der Waals surface area contributed by atoms with Crippen LogP contribution < -0.4 is 4.74 Å². The molecule has 1 aromatic rings. The average Bonchev–Trinajstić information content (AvgIpc) is 2.45. The van der Waals surface area contributed by atoms with Crippen LogP contribution in [0.25, 0.3) is 0 Å². The fraction of sp³-hybridized carbons (Fsp3) is 0.385. The summed E-state index contributed by atoms with van der Waals surface area (Å²) in [4.78, 5) is 34.8. The Labute approximate surface area is 121 Å². The molecule has 8 heteroatoms. The lowest BCUT2D eigenvalue weighted by Crippen LogP contribution is -2.33. The van der Waals surface area contributed by atoms with E-state index in [0.29, 0.717) is 0 Å². The second-order valence-electron chi connectivity index (χ2n) is 4.11. The Morgan fingerprint density at radius 1 is 1.38 bits per heavy atom. The normalized spacial score (nSPS) is 9.86. The van der Waals surface area contributed by atoms with Gasteiger partial charge < -0.3 is 14.4 Å². The summed E-state index contributed by atoms with van der Waals surface area (Å²) in [6, 6.07) is 3.65. The van der Waals surface area contributed by atoms with Gasteiger partial charge in [-0.3, -0.25) is 19.7 Å². The number of nitro groups is 1. The van der Waals surface area contributed by atoms with E-state index in [0.717, 1.165) is 11.0 Å². The highest BCUT2D eigenvalue weighted by molar-refractivity contribution is 5.98.